The highest BCUT2D eigenvalue weighted by Crippen LogP contribution is 2.25. The molecule has 0 aromatic heterocycles. The molecule has 0 heterocycles. The van der Waals surface area contributed by atoms with Crippen LogP contribution in [0.4, 0.5) is 17.1 Å². The molecule has 29 heavy (non-hydrogen) atoms. The van der Waals surface area contributed by atoms with Crippen molar-refractivity contribution in [2.75, 3.05) is 16.4 Å². The van der Waals surface area contributed by atoms with E-state index < -0.39 is 5.41 Å². The molecule has 0 fully saturated rings. The molecule has 2 amide bonds. The second kappa shape index (κ2) is 8.19. The monoisotopic (exact) mass is 387 g/mol. The fourth-order valence-corrected chi connectivity index (χ4v) is 2.97. The quantitative estimate of drug-likeness (QED) is 0.553. The van der Waals surface area contributed by atoms with Crippen LogP contribution in [0.1, 0.15) is 35.3 Å². The lowest BCUT2D eigenvalue weighted by Gasteiger charge is -2.24. The molecule has 0 bridgehead atoms. The van der Waals surface area contributed by atoms with Crippen molar-refractivity contribution in [3.63, 3.8) is 0 Å². The zero-order valence-electron chi connectivity index (χ0n) is 16.8. The number of amides is 2. The molecule has 0 aliphatic carbocycles. The molecular formula is C24H25N3O2. The Balaban J connectivity index is 1.68. The molecule has 3 aromatic carbocycles. The van der Waals surface area contributed by atoms with Crippen LogP contribution in [0.25, 0.3) is 0 Å². The number of nitrogens with one attached hydrogen (secondary N) is 2. The van der Waals surface area contributed by atoms with Crippen molar-refractivity contribution in [2.24, 2.45) is 0 Å². The molecular weight excluding hydrogens is 362 g/mol. The summed E-state index contributed by atoms with van der Waals surface area (Å²) in [7, 11) is 0. The second-order valence-electron chi connectivity index (χ2n) is 7.57. The van der Waals surface area contributed by atoms with Gasteiger partial charge < -0.3 is 16.4 Å². The standard InChI is InChI=1S/C24H25N3O2/c1-16-9-14-21(20(25)15-16)27-22(28)17-10-12-19(13-11-17)26-23(29)24(2,3)18-7-5-4-6-8-18/h4-15H,25H2,1-3H3,(H,26,29)(H,27,28). The fourth-order valence-electron chi connectivity index (χ4n) is 2.97. The normalized spacial score (nSPS) is 11.0. The average Bonchev–Trinajstić information content (AvgIpc) is 2.71. The molecule has 0 radical (unpaired) electrons. The number of hydrogen-bond donors (Lipinski definition) is 3. The lowest BCUT2D eigenvalue weighted by atomic mass is 9.83. The fraction of sp³-hybridized carbons (Fsp3) is 0.167. The number of rotatable bonds is 5. The maximum Gasteiger partial charge on any atom is 0.255 e. The van der Waals surface area contributed by atoms with Crippen molar-refractivity contribution < 1.29 is 9.59 Å². The number of nitrogen functional groups attached to an aromatic ring is 1. The molecule has 0 unspecified atom stereocenters. The Kier molecular flexibility index (Phi) is 5.69. The zero-order valence-corrected chi connectivity index (χ0v) is 16.8. The van der Waals surface area contributed by atoms with Crippen LogP contribution in [-0.2, 0) is 10.2 Å². The van der Waals surface area contributed by atoms with E-state index in [1.165, 1.54) is 0 Å². The Bertz CT molecular complexity index is 1030. The van der Waals surface area contributed by atoms with E-state index in [9.17, 15) is 9.59 Å². The number of aryl methyl sites for hydroxylation is 1. The first-order valence-electron chi connectivity index (χ1n) is 9.42. The van der Waals surface area contributed by atoms with Crippen molar-refractivity contribution in [2.45, 2.75) is 26.2 Å². The Morgan fingerprint density at radius 1 is 0.862 bits per heavy atom. The van der Waals surface area contributed by atoms with E-state index in [2.05, 4.69) is 10.6 Å². The summed E-state index contributed by atoms with van der Waals surface area (Å²) in [6.45, 7) is 5.70. The average molecular weight is 387 g/mol. The van der Waals surface area contributed by atoms with Crippen molar-refractivity contribution in [3.8, 4) is 0 Å². The molecule has 0 aliphatic rings. The molecule has 4 N–H and O–H groups in total. The number of nitrogens with two attached hydrogens (primary N) is 1. The maximum absolute atomic E-state index is 12.8. The molecule has 0 aliphatic heterocycles. The predicted octanol–water partition coefficient (Wildman–Crippen LogP) is 4.75. The lowest BCUT2D eigenvalue weighted by Crippen LogP contribution is -2.34. The molecule has 5 nitrogen and oxygen atoms in total. The number of benzene rings is 3. The summed E-state index contributed by atoms with van der Waals surface area (Å²) >= 11 is 0. The Hall–Kier alpha value is -3.60. The van der Waals surface area contributed by atoms with Gasteiger partial charge in [-0.25, -0.2) is 0 Å². The van der Waals surface area contributed by atoms with Crippen LogP contribution < -0.4 is 16.4 Å². The maximum atomic E-state index is 12.8. The van der Waals surface area contributed by atoms with Crippen LogP contribution in [0.2, 0.25) is 0 Å². The highest BCUT2D eigenvalue weighted by atomic mass is 16.2. The third-order valence-corrected chi connectivity index (χ3v) is 4.92. The van der Waals surface area contributed by atoms with Crippen LogP contribution in [0.5, 0.6) is 0 Å². The Morgan fingerprint density at radius 2 is 1.52 bits per heavy atom. The van der Waals surface area contributed by atoms with E-state index in [0.29, 0.717) is 22.6 Å². The van der Waals surface area contributed by atoms with Gasteiger partial charge in [-0.1, -0.05) is 36.4 Å². The minimum atomic E-state index is -0.680. The molecule has 3 rings (SSSR count). The molecule has 0 atom stereocenters. The van der Waals surface area contributed by atoms with E-state index in [0.717, 1.165) is 11.1 Å². The second-order valence-corrected chi connectivity index (χ2v) is 7.57. The van der Waals surface area contributed by atoms with Crippen LogP contribution in [-0.4, -0.2) is 11.8 Å². The van der Waals surface area contributed by atoms with Gasteiger partial charge >= 0.3 is 0 Å². The van der Waals surface area contributed by atoms with Crippen molar-refractivity contribution in [3.05, 3.63) is 89.5 Å². The largest absolute Gasteiger partial charge is 0.397 e. The van der Waals surface area contributed by atoms with E-state index in [1.54, 1.807) is 30.3 Å². The smallest absolute Gasteiger partial charge is 0.255 e. The van der Waals surface area contributed by atoms with Gasteiger partial charge in [-0.15, -0.1) is 0 Å². The van der Waals surface area contributed by atoms with Gasteiger partial charge in [0.15, 0.2) is 0 Å². The van der Waals surface area contributed by atoms with E-state index >= 15 is 0 Å². The first-order valence-corrected chi connectivity index (χ1v) is 9.42. The lowest BCUT2D eigenvalue weighted by molar-refractivity contribution is -0.120. The van der Waals surface area contributed by atoms with Gasteiger partial charge in [-0.05, 0) is 68.3 Å². The van der Waals surface area contributed by atoms with E-state index in [1.807, 2.05) is 63.2 Å². The number of carbonyl (C=O) groups excluding carboxylic acids is 2. The summed E-state index contributed by atoms with van der Waals surface area (Å²) in [4.78, 5) is 25.2. The Morgan fingerprint density at radius 3 is 2.14 bits per heavy atom. The van der Waals surface area contributed by atoms with Crippen LogP contribution in [0.15, 0.2) is 72.8 Å². The molecule has 0 saturated carbocycles. The van der Waals surface area contributed by atoms with Crippen molar-refractivity contribution in [1.82, 2.24) is 0 Å². The topological polar surface area (TPSA) is 84.2 Å². The molecule has 5 heteroatoms. The first kappa shape index (κ1) is 20.1. The molecule has 3 aromatic rings. The number of hydrogen-bond acceptors (Lipinski definition) is 3. The number of carbonyl (C=O) groups is 2. The highest BCUT2D eigenvalue weighted by molar-refractivity contribution is 6.06. The summed E-state index contributed by atoms with van der Waals surface area (Å²) in [5.74, 6) is -0.378. The van der Waals surface area contributed by atoms with Gasteiger partial charge in [0, 0.05) is 11.3 Å². The summed E-state index contributed by atoms with van der Waals surface area (Å²) in [5, 5.41) is 5.73. The van der Waals surface area contributed by atoms with E-state index in [4.69, 9.17) is 5.73 Å². The van der Waals surface area contributed by atoms with Crippen LogP contribution in [0, 0.1) is 6.92 Å². The SMILES string of the molecule is Cc1ccc(NC(=O)c2ccc(NC(=O)C(C)(C)c3ccccc3)cc2)c(N)c1. The zero-order chi connectivity index (χ0) is 21.0. The van der Waals surface area contributed by atoms with Crippen LogP contribution in [0.3, 0.4) is 0 Å². The van der Waals surface area contributed by atoms with Gasteiger partial charge in [0.1, 0.15) is 0 Å². The van der Waals surface area contributed by atoms with Crippen molar-refractivity contribution >= 4 is 28.9 Å². The molecule has 148 valence electrons. The van der Waals surface area contributed by atoms with Crippen molar-refractivity contribution in [1.29, 1.82) is 0 Å². The predicted molar refractivity (Wildman–Crippen MR) is 118 cm³/mol. The van der Waals surface area contributed by atoms with Gasteiger partial charge in [0.25, 0.3) is 5.91 Å². The van der Waals surface area contributed by atoms with Gasteiger partial charge in [-0.2, -0.15) is 0 Å². The van der Waals surface area contributed by atoms with E-state index in [-0.39, 0.29) is 11.8 Å². The minimum absolute atomic E-state index is 0.117. The third-order valence-electron chi connectivity index (χ3n) is 4.92. The molecule has 0 saturated heterocycles. The number of anilines is 3. The van der Waals surface area contributed by atoms with Crippen LogP contribution >= 0.6 is 0 Å². The van der Waals surface area contributed by atoms with Gasteiger partial charge in [0.05, 0.1) is 16.8 Å². The molecule has 0 spiro atoms. The highest BCUT2D eigenvalue weighted by Gasteiger charge is 2.29. The van der Waals surface area contributed by atoms with Gasteiger partial charge in [-0.3, -0.25) is 9.59 Å². The minimum Gasteiger partial charge on any atom is -0.397 e. The summed E-state index contributed by atoms with van der Waals surface area (Å²) in [6, 6.07) is 21.9. The third kappa shape index (κ3) is 4.63. The first-order chi connectivity index (χ1) is 13.8. The summed E-state index contributed by atoms with van der Waals surface area (Å²) in [6.07, 6.45) is 0. The summed E-state index contributed by atoms with van der Waals surface area (Å²) in [5.41, 5.74) is 9.43. The Labute approximate surface area is 170 Å². The summed E-state index contributed by atoms with van der Waals surface area (Å²) < 4.78 is 0. The van der Waals surface area contributed by atoms with Gasteiger partial charge in [0.2, 0.25) is 5.91 Å².